The van der Waals surface area contributed by atoms with Gasteiger partial charge in [-0.05, 0) is 50.3 Å². The van der Waals surface area contributed by atoms with Crippen molar-refractivity contribution in [3.8, 4) is 11.3 Å². The van der Waals surface area contributed by atoms with Gasteiger partial charge in [-0.3, -0.25) is 4.79 Å². The van der Waals surface area contributed by atoms with Crippen LogP contribution in [0.1, 0.15) is 41.6 Å². The largest absolute Gasteiger partial charge is 0.337 e. The molecule has 1 aliphatic rings. The number of nitrogens with zero attached hydrogens (tertiary/aromatic N) is 4. The Morgan fingerprint density at radius 3 is 2.73 bits per heavy atom. The summed E-state index contributed by atoms with van der Waals surface area (Å²) in [5, 5.41) is 2.04. The zero-order chi connectivity index (χ0) is 21.4. The number of aryl methyl sites for hydroxylation is 2. The number of aromatic nitrogens is 3. The lowest BCUT2D eigenvalue weighted by molar-refractivity contribution is 0.0938. The second-order valence-electron chi connectivity index (χ2n) is 7.76. The zero-order valence-electron chi connectivity index (χ0n) is 17.2. The van der Waals surface area contributed by atoms with Crippen LogP contribution in [-0.4, -0.2) is 32.9 Å². The maximum atomic E-state index is 13.5. The summed E-state index contributed by atoms with van der Waals surface area (Å²) >= 11 is 14.1. The number of rotatable bonds is 8. The summed E-state index contributed by atoms with van der Waals surface area (Å²) in [5.41, 5.74) is 2.35. The number of anilines is 1. The van der Waals surface area contributed by atoms with Crippen molar-refractivity contribution in [2.24, 2.45) is 13.0 Å². The van der Waals surface area contributed by atoms with E-state index < -0.39 is 0 Å². The number of hydrogen-bond acceptors (Lipinski definition) is 5. The van der Waals surface area contributed by atoms with Crippen LogP contribution >= 0.6 is 34.5 Å². The molecule has 1 unspecified atom stereocenters. The molecular formula is C22H24Cl2N4OS. The third-order valence-corrected chi connectivity index (χ3v) is 6.98. The van der Waals surface area contributed by atoms with E-state index in [0.29, 0.717) is 21.7 Å². The van der Waals surface area contributed by atoms with E-state index in [1.807, 2.05) is 26.1 Å². The Morgan fingerprint density at radius 2 is 2.13 bits per heavy atom. The predicted octanol–water partition coefficient (Wildman–Crippen LogP) is 6.04. The van der Waals surface area contributed by atoms with E-state index in [1.165, 1.54) is 0 Å². The molecule has 1 fully saturated rings. The highest BCUT2D eigenvalue weighted by molar-refractivity contribution is 7.16. The topological polar surface area (TPSA) is 51.0 Å². The molecular weight excluding hydrogens is 439 g/mol. The summed E-state index contributed by atoms with van der Waals surface area (Å²) in [6, 6.07) is 5.24. The van der Waals surface area contributed by atoms with E-state index in [4.69, 9.17) is 28.2 Å². The van der Waals surface area contributed by atoms with Crippen LogP contribution in [0, 0.1) is 12.8 Å². The van der Waals surface area contributed by atoms with Gasteiger partial charge in [0.05, 0.1) is 29.3 Å². The van der Waals surface area contributed by atoms with Gasteiger partial charge >= 0.3 is 0 Å². The second kappa shape index (κ2) is 8.69. The van der Waals surface area contributed by atoms with Crippen molar-refractivity contribution in [3.05, 3.63) is 51.3 Å². The van der Waals surface area contributed by atoms with Gasteiger partial charge in [-0.25, -0.2) is 9.97 Å². The zero-order valence-corrected chi connectivity index (χ0v) is 19.6. The summed E-state index contributed by atoms with van der Waals surface area (Å²) in [6.45, 7) is 4.94. The lowest BCUT2D eigenvalue weighted by Crippen LogP contribution is -2.44. The van der Waals surface area contributed by atoms with Crippen molar-refractivity contribution in [1.29, 1.82) is 0 Å². The summed E-state index contributed by atoms with van der Waals surface area (Å²) in [7, 11) is 1.86. The minimum Gasteiger partial charge on any atom is -0.337 e. The van der Waals surface area contributed by atoms with Gasteiger partial charge in [-0.2, -0.15) is 0 Å². The molecule has 1 saturated carbocycles. The summed E-state index contributed by atoms with van der Waals surface area (Å²) in [6.07, 6.45) is 6.39. The quantitative estimate of drug-likeness (QED) is 0.383. The molecule has 0 aliphatic heterocycles. The third kappa shape index (κ3) is 4.13. The third-order valence-electron chi connectivity index (χ3n) is 5.42. The van der Waals surface area contributed by atoms with E-state index in [9.17, 15) is 4.79 Å². The molecule has 8 heteroatoms. The summed E-state index contributed by atoms with van der Waals surface area (Å²) < 4.78 is 1.80. The molecule has 0 radical (unpaired) electrons. The number of ketones is 1. The van der Waals surface area contributed by atoms with Crippen molar-refractivity contribution in [2.45, 2.75) is 39.2 Å². The Balaban J connectivity index is 1.73. The molecule has 0 N–H and O–H groups in total. The lowest BCUT2D eigenvalue weighted by Gasteiger charge is -2.30. The van der Waals surface area contributed by atoms with Crippen LogP contribution in [0.4, 0.5) is 5.13 Å². The van der Waals surface area contributed by atoms with Crippen LogP contribution in [0.5, 0.6) is 0 Å². The fourth-order valence-corrected chi connectivity index (χ4v) is 5.28. The first kappa shape index (κ1) is 21.3. The standard InChI is InChI=1S/C22H24Cl2N4OS/c1-4-9-28(20(14-5-6-14)21(29)18-11-25-12-27(18)3)22-26-19(13(2)30-22)16-8-7-15(23)10-17(16)24/h7-8,10-12,14,20H,4-6,9H2,1-3H3. The van der Waals surface area contributed by atoms with Crippen molar-refractivity contribution in [3.63, 3.8) is 0 Å². The van der Waals surface area contributed by atoms with Crippen molar-refractivity contribution >= 4 is 45.5 Å². The molecule has 2 heterocycles. The van der Waals surface area contributed by atoms with Crippen LogP contribution in [-0.2, 0) is 7.05 Å². The summed E-state index contributed by atoms with van der Waals surface area (Å²) in [4.78, 5) is 25.8. The monoisotopic (exact) mass is 462 g/mol. The second-order valence-corrected chi connectivity index (χ2v) is 9.78. The number of carbonyl (C=O) groups is 1. The van der Waals surface area contributed by atoms with Gasteiger partial charge < -0.3 is 9.47 Å². The molecule has 5 nitrogen and oxygen atoms in total. The Hall–Kier alpha value is -1.89. The van der Waals surface area contributed by atoms with Crippen LogP contribution in [0.3, 0.4) is 0 Å². The molecule has 0 saturated heterocycles. The SMILES string of the molecule is CCCN(c1nc(-c2ccc(Cl)cc2Cl)c(C)s1)C(C(=O)c1cncn1C)C1CC1. The van der Waals surface area contributed by atoms with Gasteiger partial charge in [0.2, 0.25) is 5.78 Å². The van der Waals surface area contributed by atoms with Gasteiger partial charge in [0.1, 0.15) is 5.69 Å². The minimum atomic E-state index is -0.223. The Morgan fingerprint density at radius 1 is 1.37 bits per heavy atom. The molecule has 3 aromatic rings. The molecule has 1 aliphatic carbocycles. The first-order chi connectivity index (χ1) is 14.4. The van der Waals surface area contributed by atoms with E-state index in [0.717, 1.165) is 47.1 Å². The fraction of sp³-hybridized carbons (Fsp3) is 0.409. The van der Waals surface area contributed by atoms with Crippen molar-refractivity contribution < 1.29 is 4.79 Å². The van der Waals surface area contributed by atoms with Crippen molar-refractivity contribution in [1.82, 2.24) is 14.5 Å². The van der Waals surface area contributed by atoms with Gasteiger partial charge in [-0.1, -0.05) is 30.1 Å². The maximum absolute atomic E-state index is 13.5. The van der Waals surface area contributed by atoms with Crippen LogP contribution < -0.4 is 4.90 Å². The van der Waals surface area contributed by atoms with E-state index in [1.54, 1.807) is 34.5 Å². The highest BCUT2D eigenvalue weighted by Gasteiger charge is 2.42. The fourth-order valence-electron chi connectivity index (χ4n) is 3.80. The molecule has 0 spiro atoms. The van der Waals surface area contributed by atoms with Crippen LogP contribution in [0.15, 0.2) is 30.7 Å². The smallest absolute Gasteiger partial charge is 0.203 e. The van der Waals surface area contributed by atoms with Gasteiger partial charge in [0.25, 0.3) is 0 Å². The molecule has 2 aromatic heterocycles. The molecule has 4 rings (SSSR count). The van der Waals surface area contributed by atoms with Crippen LogP contribution in [0.2, 0.25) is 10.0 Å². The van der Waals surface area contributed by atoms with E-state index in [-0.39, 0.29) is 11.8 Å². The number of carbonyl (C=O) groups excluding carboxylic acids is 1. The average molecular weight is 463 g/mol. The average Bonchev–Trinajstić information content (AvgIpc) is 3.32. The molecule has 0 bridgehead atoms. The molecule has 158 valence electrons. The molecule has 1 atom stereocenters. The predicted molar refractivity (Wildman–Crippen MR) is 124 cm³/mol. The normalized spacial score (nSPS) is 14.7. The number of thiazole rings is 1. The minimum absolute atomic E-state index is 0.116. The molecule has 0 amide bonds. The Labute approximate surface area is 190 Å². The van der Waals surface area contributed by atoms with E-state index >= 15 is 0 Å². The first-order valence-corrected chi connectivity index (χ1v) is 11.7. The molecule has 1 aromatic carbocycles. The number of hydrogen-bond donors (Lipinski definition) is 0. The number of halogens is 2. The number of benzene rings is 1. The van der Waals surface area contributed by atoms with Crippen LogP contribution in [0.25, 0.3) is 11.3 Å². The lowest BCUT2D eigenvalue weighted by atomic mass is 10.0. The highest BCUT2D eigenvalue weighted by atomic mass is 35.5. The number of imidazole rings is 1. The first-order valence-electron chi connectivity index (χ1n) is 10.1. The van der Waals surface area contributed by atoms with Gasteiger partial charge in [-0.15, -0.1) is 11.3 Å². The van der Waals surface area contributed by atoms with Gasteiger partial charge in [0, 0.05) is 29.1 Å². The maximum Gasteiger partial charge on any atom is 0.203 e. The van der Waals surface area contributed by atoms with Gasteiger partial charge in [0.15, 0.2) is 5.13 Å². The summed E-state index contributed by atoms with van der Waals surface area (Å²) in [5.74, 6) is 0.468. The number of Topliss-reactive ketones (excluding diaryl/α,β-unsaturated/α-hetero) is 1. The van der Waals surface area contributed by atoms with E-state index in [2.05, 4.69) is 16.8 Å². The van der Waals surface area contributed by atoms with Crippen molar-refractivity contribution in [2.75, 3.05) is 11.4 Å². The Kier molecular flexibility index (Phi) is 6.19. The molecule has 30 heavy (non-hydrogen) atoms. The Bertz CT molecular complexity index is 1070. The highest BCUT2D eigenvalue weighted by Crippen LogP contribution is 2.42.